The van der Waals surface area contributed by atoms with Crippen molar-refractivity contribution in [2.45, 2.75) is 6.04 Å². The maximum absolute atomic E-state index is 12.2. The number of rotatable bonds is 2. The van der Waals surface area contributed by atoms with Crippen molar-refractivity contribution in [2.75, 3.05) is 11.9 Å². The van der Waals surface area contributed by atoms with Gasteiger partial charge in [0.05, 0.1) is 0 Å². The number of amides is 2. The monoisotopic (exact) mass is 274 g/mol. The fraction of sp³-hybridized carbons (Fsp3) is 0.182. The zero-order chi connectivity index (χ0) is 14.1. The number of anilines is 1. The van der Waals surface area contributed by atoms with Gasteiger partial charge < -0.3 is 15.8 Å². The Kier molecular flexibility index (Phi) is 2.78. The molecular formula is C11H10N6O3. The second kappa shape index (κ2) is 4.61. The third-order valence-electron chi connectivity index (χ3n) is 2.84. The number of ether oxygens (including phenoxy) is 1. The van der Waals surface area contributed by atoms with Gasteiger partial charge in [-0.3, -0.25) is 14.2 Å². The van der Waals surface area contributed by atoms with Crippen LogP contribution in [0.3, 0.4) is 0 Å². The third kappa shape index (κ3) is 1.94. The van der Waals surface area contributed by atoms with Crippen molar-refractivity contribution < 1.29 is 14.3 Å². The number of nitrogens with one attached hydrogen (secondary N) is 1. The second-order valence-electron chi connectivity index (χ2n) is 4.09. The van der Waals surface area contributed by atoms with E-state index in [0.717, 1.165) is 0 Å². The molecule has 1 aliphatic heterocycles. The molecule has 2 amide bonds. The van der Waals surface area contributed by atoms with Crippen LogP contribution in [0.15, 0.2) is 24.7 Å². The summed E-state index contributed by atoms with van der Waals surface area (Å²) in [6, 6.07) is 2.58. The minimum absolute atomic E-state index is 0.0167. The minimum atomic E-state index is -0.804. The number of primary amides is 1. The zero-order valence-corrected chi connectivity index (χ0v) is 10.2. The van der Waals surface area contributed by atoms with Gasteiger partial charge in [0.25, 0.3) is 11.8 Å². The van der Waals surface area contributed by atoms with Crippen LogP contribution in [0.2, 0.25) is 0 Å². The molecule has 0 aromatic carbocycles. The van der Waals surface area contributed by atoms with Crippen LogP contribution in [-0.2, 0) is 4.79 Å². The summed E-state index contributed by atoms with van der Waals surface area (Å²) in [6.45, 7) is 0.0167. The summed E-state index contributed by atoms with van der Waals surface area (Å²) >= 11 is 0. The molecule has 1 atom stereocenters. The molecular weight excluding hydrogens is 264 g/mol. The minimum Gasteiger partial charge on any atom is -0.487 e. The van der Waals surface area contributed by atoms with Gasteiger partial charge in [0.15, 0.2) is 11.6 Å². The number of nitrogens with two attached hydrogens (primary N) is 1. The lowest BCUT2D eigenvalue weighted by molar-refractivity contribution is -0.119. The van der Waals surface area contributed by atoms with Crippen LogP contribution in [-0.4, -0.2) is 38.2 Å². The largest absolute Gasteiger partial charge is 0.487 e. The normalized spacial score (nSPS) is 17.6. The highest BCUT2D eigenvalue weighted by Gasteiger charge is 2.29. The molecule has 3 N–H and O–H groups in total. The van der Waals surface area contributed by atoms with Crippen molar-refractivity contribution in [3.8, 4) is 5.75 Å². The first-order valence-electron chi connectivity index (χ1n) is 5.75. The third-order valence-corrected chi connectivity index (χ3v) is 2.84. The SMILES string of the molecule is NC(=O)c1nncn1[C@H]1COc2cccnc2NC1=O. The van der Waals surface area contributed by atoms with E-state index in [1.165, 1.54) is 17.1 Å². The van der Waals surface area contributed by atoms with E-state index in [4.69, 9.17) is 10.5 Å². The van der Waals surface area contributed by atoms with Crippen LogP contribution in [0.5, 0.6) is 5.75 Å². The molecule has 2 aromatic heterocycles. The van der Waals surface area contributed by atoms with E-state index in [1.807, 2.05) is 0 Å². The molecule has 1 aliphatic rings. The lowest BCUT2D eigenvalue weighted by Crippen LogP contribution is -2.31. The van der Waals surface area contributed by atoms with E-state index in [9.17, 15) is 9.59 Å². The van der Waals surface area contributed by atoms with Crippen LogP contribution in [0.25, 0.3) is 0 Å². The van der Waals surface area contributed by atoms with E-state index in [1.54, 1.807) is 12.1 Å². The van der Waals surface area contributed by atoms with Crippen molar-refractivity contribution in [3.05, 3.63) is 30.5 Å². The van der Waals surface area contributed by atoms with Crippen LogP contribution in [0, 0.1) is 0 Å². The first kappa shape index (κ1) is 12.1. The number of hydrogen-bond acceptors (Lipinski definition) is 6. The fourth-order valence-electron chi connectivity index (χ4n) is 1.90. The number of hydrogen-bond donors (Lipinski definition) is 2. The van der Waals surface area contributed by atoms with Crippen molar-refractivity contribution in [3.63, 3.8) is 0 Å². The Morgan fingerprint density at radius 1 is 1.55 bits per heavy atom. The first-order valence-corrected chi connectivity index (χ1v) is 5.75. The molecule has 0 radical (unpaired) electrons. The van der Waals surface area contributed by atoms with Crippen LogP contribution in [0.4, 0.5) is 5.82 Å². The van der Waals surface area contributed by atoms with Crippen molar-refractivity contribution in [2.24, 2.45) is 5.73 Å². The van der Waals surface area contributed by atoms with Gasteiger partial charge in [-0.25, -0.2) is 4.98 Å². The highest BCUT2D eigenvalue weighted by molar-refractivity contribution is 5.96. The summed E-state index contributed by atoms with van der Waals surface area (Å²) in [5.41, 5.74) is 5.19. The molecule has 3 rings (SSSR count). The first-order chi connectivity index (χ1) is 9.66. The van der Waals surface area contributed by atoms with E-state index < -0.39 is 11.9 Å². The predicted octanol–water partition coefficient (Wildman–Crippen LogP) is -0.656. The van der Waals surface area contributed by atoms with Crippen LogP contribution < -0.4 is 15.8 Å². The van der Waals surface area contributed by atoms with Gasteiger partial charge in [-0.15, -0.1) is 10.2 Å². The van der Waals surface area contributed by atoms with E-state index >= 15 is 0 Å². The zero-order valence-electron chi connectivity index (χ0n) is 10.2. The Hall–Kier alpha value is -2.97. The predicted molar refractivity (Wildman–Crippen MR) is 65.9 cm³/mol. The van der Waals surface area contributed by atoms with Crippen LogP contribution in [0.1, 0.15) is 16.7 Å². The Morgan fingerprint density at radius 2 is 2.40 bits per heavy atom. The summed E-state index contributed by atoms with van der Waals surface area (Å²) in [4.78, 5) is 27.5. The van der Waals surface area contributed by atoms with Crippen molar-refractivity contribution in [1.82, 2.24) is 19.7 Å². The molecule has 0 spiro atoms. The van der Waals surface area contributed by atoms with E-state index in [0.29, 0.717) is 11.6 Å². The summed E-state index contributed by atoms with van der Waals surface area (Å²) in [5.74, 6) is -0.474. The van der Waals surface area contributed by atoms with E-state index in [2.05, 4.69) is 20.5 Å². The quantitative estimate of drug-likeness (QED) is 0.749. The molecule has 3 heterocycles. The summed E-state index contributed by atoms with van der Waals surface area (Å²) in [7, 11) is 0. The van der Waals surface area contributed by atoms with Crippen molar-refractivity contribution in [1.29, 1.82) is 0 Å². The molecule has 9 heteroatoms. The smallest absolute Gasteiger partial charge is 0.286 e. The standard InChI is InChI=1S/C11H10N6O3/c12-8(18)10-16-14-5-17(10)6-4-20-7-2-1-3-13-9(7)15-11(6)19/h1-3,5-6H,4H2,(H2,12,18)(H,13,15,19)/t6-/m0/s1. The molecule has 20 heavy (non-hydrogen) atoms. The fourth-order valence-corrected chi connectivity index (χ4v) is 1.90. The molecule has 0 saturated heterocycles. The summed E-state index contributed by atoms with van der Waals surface area (Å²) < 4.78 is 6.80. The number of carbonyl (C=O) groups excluding carboxylic acids is 2. The highest BCUT2D eigenvalue weighted by Crippen LogP contribution is 2.26. The van der Waals surface area contributed by atoms with E-state index in [-0.39, 0.29) is 18.3 Å². The molecule has 102 valence electrons. The average molecular weight is 274 g/mol. The topological polar surface area (TPSA) is 125 Å². The van der Waals surface area contributed by atoms with Crippen molar-refractivity contribution >= 4 is 17.6 Å². The Morgan fingerprint density at radius 3 is 3.20 bits per heavy atom. The van der Waals surface area contributed by atoms with Gasteiger partial charge in [-0.2, -0.15) is 0 Å². The molecule has 0 unspecified atom stereocenters. The summed E-state index contributed by atoms with van der Waals surface area (Å²) in [6.07, 6.45) is 2.80. The molecule has 0 saturated carbocycles. The number of nitrogens with zero attached hydrogens (tertiary/aromatic N) is 4. The number of pyridine rings is 1. The second-order valence-corrected chi connectivity index (χ2v) is 4.09. The molecule has 0 fully saturated rings. The number of carbonyl (C=O) groups is 2. The highest BCUT2D eigenvalue weighted by atomic mass is 16.5. The molecule has 2 aromatic rings. The number of aromatic nitrogens is 4. The van der Waals surface area contributed by atoms with Gasteiger partial charge in [0.2, 0.25) is 5.82 Å². The summed E-state index contributed by atoms with van der Waals surface area (Å²) in [5, 5.41) is 9.81. The molecule has 0 bridgehead atoms. The number of fused-ring (bicyclic) bond motifs is 1. The lowest BCUT2D eigenvalue weighted by Gasteiger charge is -2.14. The average Bonchev–Trinajstić information content (AvgIpc) is 2.84. The maximum atomic E-state index is 12.2. The molecule has 0 aliphatic carbocycles. The van der Waals surface area contributed by atoms with Gasteiger partial charge >= 0.3 is 0 Å². The van der Waals surface area contributed by atoms with Crippen LogP contribution >= 0.6 is 0 Å². The Balaban J connectivity index is 1.95. The molecule has 9 nitrogen and oxygen atoms in total. The van der Waals surface area contributed by atoms with Gasteiger partial charge in [0.1, 0.15) is 19.0 Å². The Bertz CT molecular complexity index is 682. The van der Waals surface area contributed by atoms with Gasteiger partial charge in [-0.05, 0) is 12.1 Å². The Labute approximate surface area is 112 Å². The van der Waals surface area contributed by atoms with Gasteiger partial charge in [0, 0.05) is 6.20 Å². The lowest BCUT2D eigenvalue weighted by atomic mass is 10.3. The van der Waals surface area contributed by atoms with Gasteiger partial charge in [-0.1, -0.05) is 0 Å². The maximum Gasteiger partial charge on any atom is 0.286 e.